The number of carbonyl (C=O) groups excluding carboxylic acids is 1. The lowest BCUT2D eigenvalue weighted by molar-refractivity contribution is -0.107. The summed E-state index contributed by atoms with van der Waals surface area (Å²) in [6.45, 7) is 0. The van der Waals surface area contributed by atoms with E-state index in [9.17, 15) is 4.79 Å². The highest BCUT2D eigenvalue weighted by Gasteiger charge is 1.99. The van der Waals surface area contributed by atoms with E-state index in [0.717, 1.165) is 21.5 Å². The molecule has 0 saturated carbocycles. The third-order valence-corrected chi connectivity index (χ3v) is 3.14. The van der Waals surface area contributed by atoms with Crippen LogP contribution in [0.5, 0.6) is 0 Å². The average Bonchev–Trinajstić information content (AvgIpc) is 2.09. The lowest BCUT2D eigenvalue weighted by Crippen LogP contribution is -1.84. The van der Waals surface area contributed by atoms with Crippen molar-refractivity contribution in [1.82, 2.24) is 4.98 Å². The van der Waals surface area contributed by atoms with Crippen molar-refractivity contribution in [2.24, 2.45) is 0 Å². The molecule has 1 heterocycles. The zero-order chi connectivity index (χ0) is 8.81. The smallest absolute Gasteiger partial charge is 0.120 e. The minimum absolute atomic E-state index is 0.577. The predicted molar refractivity (Wildman–Crippen MR) is 53.3 cm³/mol. The molecule has 2 nitrogen and oxygen atoms in total. The number of pyridine rings is 1. The molecule has 0 atom stereocenters. The Labute approximate surface area is 83.9 Å². The quantitative estimate of drug-likeness (QED) is 0.464. The van der Waals surface area contributed by atoms with Crippen LogP contribution in [0.4, 0.5) is 0 Å². The second-order valence-electron chi connectivity index (χ2n) is 2.09. The molecule has 1 rings (SSSR count). The van der Waals surface area contributed by atoms with Crippen LogP contribution in [-0.4, -0.2) is 17.0 Å². The van der Waals surface area contributed by atoms with Gasteiger partial charge in [-0.25, -0.2) is 4.98 Å². The first kappa shape index (κ1) is 9.74. The standard InChI is InChI=1S/C8H8BrNOS/c9-7-3-1-4-10-8(7)12-6-2-5-11/h1,3-5H,2,6H2. The Balaban J connectivity index is 2.51. The van der Waals surface area contributed by atoms with Crippen molar-refractivity contribution in [2.75, 3.05) is 5.75 Å². The summed E-state index contributed by atoms with van der Waals surface area (Å²) in [5.74, 6) is 0.791. The van der Waals surface area contributed by atoms with Crippen molar-refractivity contribution >= 4 is 34.0 Å². The van der Waals surface area contributed by atoms with Gasteiger partial charge >= 0.3 is 0 Å². The molecule has 0 aliphatic carbocycles. The summed E-state index contributed by atoms with van der Waals surface area (Å²) in [7, 11) is 0. The normalized spacial score (nSPS) is 9.75. The molecular formula is C8H8BrNOS. The minimum atomic E-state index is 0.577. The number of nitrogens with zero attached hydrogens (tertiary/aromatic N) is 1. The Hall–Kier alpha value is -0.350. The van der Waals surface area contributed by atoms with Crippen molar-refractivity contribution in [3.63, 3.8) is 0 Å². The molecule has 0 aliphatic rings. The summed E-state index contributed by atoms with van der Waals surface area (Å²) in [6.07, 6.45) is 3.24. The van der Waals surface area contributed by atoms with Crippen LogP contribution in [0.25, 0.3) is 0 Å². The number of rotatable bonds is 4. The molecule has 0 spiro atoms. The highest BCUT2D eigenvalue weighted by Crippen LogP contribution is 2.24. The second kappa shape index (κ2) is 5.32. The van der Waals surface area contributed by atoms with Gasteiger partial charge in [0.1, 0.15) is 11.3 Å². The fourth-order valence-corrected chi connectivity index (χ4v) is 2.03. The molecule has 0 unspecified atom stereocenters. The van der Waals surface area contributed by atoms with E-state index >= 15 is 0 Å². The van der Waals surface area contributed by atoms with Gasteiger partial charge in [0.25, 0.3) is 0 Å². The first-order chi connectivity index (χ1) is 5.84. The van der Waals surface area contributed by atoms with Gasteiger partial charge in [-0.15, -0.1) is 11.8 Å². The molecule has 0 bridgehead atoms. The van der Waals surface area contributed by atoms with Gasteiger partial charge in [0, 0.05) is 22.8 Å². The van der Waals surface area contributed by atoms with Gasteiger partial charge in [-0.1, -0.05) is 0 Å². The van der Waals surface area contributed by atoms with Crippen LogP contribution < -0.4 is 0 Å². The third kappa shape index (κ3) is 2.95. The molecule has 0 fully saturated rings. The van der Waals surface area contributed by atoms with Crippen LogP contribution in [0.1, 0.15) is 6.42 Å². The first-order valence-corrected chi connectivity index (χ1v) is 5.29. The van der Waals surface area contributed by atoms with E-state index in [-0.39, 0.29) is 0 Å². The fourth-order valence-electron chi connectivity index (χ4n) is 0.681. The number of aldehydes is 1. The van der Waals surface area contributed by atoms with Gasteiger partial charge in [0.2, 0.25) is 0 Å². The summed E-state index contributed by atoms with van der Waals surface area (Å²) >= 11 is 4.96. The summed E-state index contributed by atoms with van der Waals surface area (Å²) in [5.41, 5.74) is 0. The van der Waals surface area contributed by atoms with Gasteiger partial charge in [-0.3, -0.25) is 0 Å². The zero-order valence-electron chi connectivity index (χ0n) is 6.37. The summed E-state index contributed by atoms with van der Waals surface area (Å²) < 4.78 is 0.987. The fraction of sp³-hybridized carbons (Fsp3) is 0.250. The lowest BCUT2D eigenvalue weighted by Gasteiger charge is -1.99. The van der Waals surface area contributed by atoms with E-state index < -0.39 is 0 Å². The molecular weight excluding hydrogens is 238 g/mol. The van der Waals surface area contributed by atoms with E-state index in [0.29, 0.717) is 6.42 Å². The van der Waals surface area contributed by atoms with Gasteiger partial charge in [0.15, 0.2) is 0 Å². The highest BCUT2D eigenvalue weighted by molar-refractivity contribution is 9.10. The topological polar surface area (TPSA) is 30.0 Å². The van der Waals surface area contributed by atoms with Gasteiger partial charge < -0.3 is 4.79 Å². The number of aromatic nitrogens is 1. The van der Waals surface area contributed by atoms with Crippen molar-refractivity contribution < 1.29 is 4.79 Å². The number of hydrogen-bond acceptors (Lipinski definition) is 3. The van der Waals surface area contributed by atoms with Crippen molar-refractivity contribution in [3.8, 4) is 0 Å². The summed E-state index contributed by atoms with van der Waals surface area (Å²) in [6, 6.07) is 3.81. The summed E-state index contributed by atoms with van der Waals surface area (Å²) in [4.78, 5) is 14.2. The van der Waals surface area contributed by atoms with Crippen molar-refractivity contribution in [2.45, 2.75) is 11.4 Å². The van der Waals surface area contributed by atoms with Crippen molar-refractivity contribution in [3.05, 3.63) is 22.8 Å². The lowest BCUT2D eigenvalue weighted by atomic mass is 10.5. The minimum Gasteiger partial charge on any atom is -0.303 e. The molecule has 0 saturated heterocycles. The van der Waals surface area contributed by atoms with Gasteiger partial charge in [-0.2, -0.15) is 0 Å². The Morgan fingerprint density at radius 3 is 3.17 bits per heavy atom. The number of hydrogen-bond donors (Lipinski definition) is 0. The molecule has 0 radical (unpaired) electrons. The molecule has 0 amide bonds. The molecule has 0 aliphatic heterocycles. The largest absolute Gasteiger partial charge is 0.303 e. The van der Waals surface area contributed by atoms with E-state index in [4.69, 9.17) is 0 Å². The summed E-state index contributed by atoms with van der Waals surface area (Å²) in [5, 5.41) is 0.944. The van der Waals surface area contributed by atoms with E-state index in [2.05, 4.69) is 20.9 Å². The first-order valence-electron chi connectivity index (χ1n) is 3.51. The zero-order valence-corrected chi connectivity index (χ0v) is 8.77. The Bertz CT molecular complexity index is 267. The maximum Gasteiger partial charge on any atom is 0.120 e. The monoisotopic (exact) mass is 245 g/mol. The van der Waals surface area contributed by atoms with E-state index in [1.54, 1.807) is 18.0 Å². The van der Waals surface area contributed by atoms with Crippen LogP contribution >= 0.6 is 27.7 Å². The van der Waals surface area contributed by atoms with Crippen molar-refractivity contribution in [1.29, 1.82) is 0 Å². The van der Waals surface area contributed by atoms with Crippen LogP contribution in [-0.2, 0) is 4.79 Å². The Kier molecular flexibility index (Phi) is 4.32. The highest BCUT2D eigenvalue weighted by atomic mass is 79.9. The number of halogens is 1. The molecule has 4 heteroatoms. The second-order valence-corrected chi connectivity index (χ2v) is 4.03. The molecule has 0 aromatic carbocycles. The average molecular weight is 246 g/mol. The molecule has 64 valence electrons. The SMILES string of the molecule is O=CCCSc1ncccc1Br. The van der Waals surface area contributed by atoms with E-state index in [1.165, 1.54) is 0 Å². The number of carbonyl (C=O) groups is 1. The van der Waals surface area contributed by atoms with Crippen LogP contribution in [0, 0.1) is 0 Å². The molecule has 1 aromatic heterocycles. The molecule has 12 heavy (non-hydrogen) atoms. The molecule has 0 N–H and O–H groups in total. The Morgan fingerprint density at radius 1 is 1.67 bits per heavy atom. The van der Waals surface area contributed by atoms with Gasteiger partial charge in [-0.05, 0) is 28.1 Å². The van der Waals surface area contributed by atoms with Crippen LogP contribution in [0.2, 0.25) is 0 Å². The van der Waals surface area contributed by atoms with Crippen LogP contribution in [0.3, 0.4) is 0 Å². The number of thioether (sulfide) groups is 1. The maximum atomic E-state index is 10.0. The van der Waals surface area contributed by atoms with E-state index in [1.807, 2.05) is 12.1 Å². The third-order valence-electron chi connectivity index (χ3n) is 1.20. The predicted octanol–water partition coefficient (Wildman–Crippen LogP) is 2.53. The molecule has 1 aromatic rings. The van der Waals surface area contributed by atoms with Gasteiger partial charge in [0.05, 0.1) is 0 Å². The van der Waals surface area contributed by atoms with Crippen LogP contribution in [0.15, 0.2) is 27.8 Å². The Morgan fingerprint density at radius 2 is 2.50 bits per heavy atom. The maximum absolute atomic E-state index is 10.0.